The van der Waals surface area contributed by atoms with E-state index in [2.05, 4.69) is 9.97 Å². The van der Waals surface area contributed by atoms with Crippen molar-refractivity contribution >= 4 is 11.8 Å². The topological polar surface area (TPSA) is 69.6 Å². The third kappa shape index (κ3) is 3.65. The number of anilines is 1. The second kappa shape index (κ2) is 7.33. The van der Waals surface area contributed by atoms with E-state index in [4.69, 9.17) is 0 Å². The molecule has 1 fully saturated rings. The van der Waals surface area contributed by atoms with Crippen LogP contribution in [0.3, 0.4) is 0 Å². The molecule has 3 rings (SSSR count). The monoisotopic (exact) mass is 362 g/mol. The number of aromatic nitrogens is 2. The summed E-state index contributed by atoms with van der Waals surface area (Å²) in [5.74, 6) is -1.80. The van der Waals surface area contributed by atoms with Gasteiger partial charge in [0.1, 0.15) is 23.5 Å². The average molecular weight is 362 g/mol. The van der Waals surface area contributed by atoms with Crippen LogP contribution in [-0.2, 0) is 4.79 Å². The molecule has 0 radical (unpaired) electrons. The van der Waals surface area contributed by atoms with Gasteiger partial charge in [0.05, 0.1) is 11.4 Å². The van der Waals surface area contributed by atoms with Crippen molar-refractivity contribution in [3.63, 3.8) is 0 Å². The van der Waals surface area contributed by atoms with Gasteiger partial charge in [-0.05, 0) is 32.0 Å². The third-order valence-electron chi connectivity index (χ3n) is 4.52. The van der Waals surface area contributed by atoms with Crippen LogP contribution in [0.2, 0.25) is 0 Å². The summed E-state index contributed by atoms with van der Waals surface area (Å²) in [6, 6.07) is 1.67. The first kappa shape index (κ1) is 18.2. The Labute approximate surface area is 150 Å². The van der Waals surface area contributed by atoms with E-state index in [0.717, 1.165) is 35.4 Å². The summed E-state index contributed by atoms with van der Waals surface area (Å²) in [6.45, 7) is 5.57. The lowest BCUT2D eigenvalue weighted by molar-refractivity contribution is -0.143. The van der Waals surface area contributed by atoms with Gasteiger partial charge in [0.25, 0.3) is 0 Å². The molecule has 2 heterocycles. The molecule has 1 saturated heterocycles. The van der Waals surface area contributed by atoms with E-state index in [9.17, 15) is 18.7 Å². The van der Waals surface area contributed by atoms with Gasteiger partial charge in [0, 0.05) is 37.9 Å². The molecule has 1 aliphatic rings. The molecule has 0 aliphatic carbocycles. The highest BCUT2D eigenvalue weighted by Crippen LogP contribution is 2.27. The predicted molar refractivity (Wildman–Crippen MR) is 92.0 cm³/mol. The van der Waals surface area contributed by atoms with Gasteiger partial charge in [-0.3, -0.25) is 14.7 Å². The fraction of sp³-hybridized carbons (Fsp3) is 0.389. The second-order valence-electron chi connectivity index (χ2n) is 6.35. The van der Waals surface area contributed by atoms with E-state index in [1.807, 2.05) is 18.7 Å². The maximum Gasteiger partial charge on any atom is 0.325 e. The zero-order valence-corrected chi connectivity index (χ0v) is 14.6. The molecule has 6 nitrogen and oxygen atoms in total. The van der Waals surface area contributed by atoms with Gasteiger partial charge in [0.2, 0.25) is 0 Å². The predicted octanol–water partition coefficient (Wildman–Crippen LogP) is 2.32. The van der Waals surface area contributed by atoms with Crippen LogP contribution in [0.4, 0.5) is 14.6 Å². The number of hydrogen-bond donors (Lipinski definition) is 1. The molecule has 0 saturated carbocycles. The Kier molecular flexibility index (Phi) is 5.13. The van der Waals surface area contributed by atoms with Crippen LogP contribution in [0.15, 0.2) is 24.4 Å². The first-order valence-electron chi connectivity index (χ1n) is 8.34. The van der Waals surface area contributed by atoms with Crippen molar-refractivity contribution in [2.45, 2.75) is 19.9 Å². The van der Waals surface area contributed by atoms with Gasteiger partial charge in [-0.15, -0.1) is 0 Å². The Morgan fingerprint density at radius 3 is 2.54 bits per heavy atom. The minimum atomic E-state index is -1.22. The standard InChI is InChI=1S/C18H20F2N4O2/c1-11-10-21-12(2)17(22-11)24-7-5-23(6-8-24)16(18(25)26)14-9-13(19)3-4-15(14)20/h3-4,9-10,16H,5-8H2,1-2H3,(H,25,26). The highest BCUT2D eigenvalue weighted by atomic mass is 19.1. The number of hydrogen-bond acceptors (Lipinski definition) is 5. The maximum absolute atomic E-state index is 14.1. The molecule has 1 aromatic heterocycles. The van der Waals surface area contributed by atoms with E-state index in [0.29, 0.717) is 26.2 Å². The second-order valence-corrected chi connectivity index (χ2v) is 6.35. The average Bonchev–Trinajstić information content (AvgIpc) is 2.61. The number of aryl methyl sites for hydroxylation is 2. The van der Waals surface area contributed by atoms with Gasteiger partial charge >= 0.3 is 5.97 Å². The van der Waals surface area contributed by atoms with E-state index in [-0.39, 0.29) is 5.56 Å². The molecule has 1 atom stereocenters. The Bertz CT molecular complexity index is 823. The number of benzene rings is 1. The van der Waals surface area contributed by atoms with Crippen LogP contribution in [0.25, 0.3) is 0 Å². The number of halogens is 2. The summed E-state index contributed by atoms with van der Waals surface area (Å²) in [7, 11) is 0. The Morgan fingerprint density at radius 2 is 1.88 bits per heavy atom. The van der Waals surface area contributed by atoms with E-state index >= 15 is 0 Å². The molecule has 0 spiro atoms. The number of aliphatic carboxylic acids is 1. The van der Waals surface area contributed by atoms with Gasteiger partial charge < -0.3 is 10.0 Å². The van der Waals surface area contributed by atoms with Gasteiger partial charge in [-0.25, -0.2) is 13.8 Å². The number of carboxylic acid groups (broad SMARTS) is 1. The van der Waals surface area contributed by atoms with Crippen LogP contribution in [0, 0.1) is 25.5 Å². The lowest BCUT2D eigenvalue weighted by Crippen LogP contribution is -2.50. The fourth-order valence-corrected chi connectivity index (χ4v) is 3.23. The zero-order valence-electron chi connectivity index (χ0n) is 14.6. The molecule has 1 aromatic carbocycles. The molecule has 1 aliphatic heterocycles. The van der Waals surface area contributed by atoms with Crippen molar-refractivity contribution in [3.8, 4) is 0 Å². The number of nitrogens with zero attached hydrogens (tertiary/aromatic N) is 4. The maximum atomic E-state index is 14.1. The van der Waals surface area contributed by atoms with Crippen LogP contribution < -0.4 is 4.90 Å². The Balaban J connectivity index is 1.79. The summed E-state index contributed by atoms with van der Waals surface area (Å²) in [4.78, 5) is 24.2. The van der Waals surface area contributed by atoms with Crippen molar-refractivity contribution in [1.29, 1.82) is 0 Å². The molecule has 26 heavy (non-hydrogen) atoms. The molecule has 8 heteroatoms. The Morgan fingerprint density at radius 1 is 1.19 bits per heavy atom. The summed E-state index contributed by atoms with van der Waals surface area (Å²) in [6.07, 6.45) is 1.70. The summed E-state index contributed by atoms with van der Waals surface area (Å²) in [5.41, 5.74) is 1.45. The van der Waals surface area contributed by atoms with Crippen LogP contribution in [0.5, 0.6) is 0 Å². The quantitative estimate of drug-likeness (QED) is 0.900. The Hall–Kier alpha value is -2.61. The minimum absolute atomic E-state index is 0.155. The van der Waals surface area contributed by atoms with E-state index in [1.165, 1.54) is 0 Å². The van der Waals surface area contributed by atoms with Crippen molar-refractivity contribution in [3.05, 3.63) is 53.0 Å². The van der Waals surface area contributed by atoms with Crippen molar-refractivity contribution in [2.24, 2.45) is 0 Å². The highest BCUT2D eigenvalue weighted by molar-refractivity contribution is 5.75. The van der Waals surface area contributed by atoms with Crippen LogP contribution >= 0.6 is 0 Å². The number of piperazine rings is 1. The SMILES string of the molecule is Cc1cnc(C)c(N2CCN(C(C(=O)O)c3cc(F)ccc3F)CC2)n1. The zero-order chi connectivity index (χ0) is 18.8. The highest BCUT2D eigenvalue weighted by Gasteiger charge is 2.33. The smallest absolute Gasteiger partial charge is 0.325 e. The third-order valence-corrected chi connectivity index (χ3v) is 4.52. The minimum Gasteiger partial charge on any atom is -0.480 e. The molecule has 0 amide bonds. The molecule has 2 aromatic rings. The van der Waals surface area contributed by atoms with Crippen LogP contribution in [-0.4, -0.2) is 52.1 Å². The molecule has 138 valence electrons. The van der Waals surface area contributed by atoms with Gasteiger partial charge in [0.15, 0.2) is 0 Å². The van der Waals surface area contributed by atoms with E-state index < -0.39 is 23.6 Å². The number of carboxylic acids is 1. The lowest BCUT2D eigenvalue weighted by Gasteiger charge is -2.38. The van der Waals surface area contributed by atoms with Crippen molar-refractivity contribution in [2.75, 3.05) is 31.1 Å². The fourth-order valence-electron chi connectivity index (χ4n) is 3.23. The number of carbonyl (C=O) groups is 1. The molecular weight excluding hydrogens is 342 g/mol. The van der Waals surface area contributed by atoms with Crippen molar-refractivity contribution in [1.82, 2.24) is 14.9 Å². The first-order chi connectivity index (χ1) is 12.4. The lowest BCUT2D eigenvalue weighted by atomic mass is 10.0. The van der Waals surface area contributed by atoms with E-state index in [1.54, 1.807) is 11.1 Å². The summed E-state index contributed by atoms with van der Waals surface area (Å²) >= 11 is 0. The van der Waals surface area contributed by atoms with Crippen molar-refractivity contribution < 1.29 is 18.7 Å². The molecule has 0 bridgehead atoms. The summed E-state index contributed by atoms with van der Waals surface area (Å²) < 4.78 is 27.6. The van der Waals surface area contributed by atoms with Crippen LogP contribution in [0.1, 0.15) is 23.0 Å². The molecular formula is C18H20F2N4O2. The largest absolute Gasteiger partial charge is 0.480 e. The van der Waals surface area contributed by atoms with Gasteiger partial charge in [-0.2, -0.15) is 0 Å². The first-order valence-corrected chi connectivity index (χ1v) is 8.34. The van der Waals surface area contributed by atoms with Gasteiger partial charge in [-0.1, -0.05) is 0 Å². The molecule has 1 N–H and O–H groups in total. The molecule has 1 unspecified atom stereocenters. The summed E-state index contributed by atoms with van der Waals surface area (Å²) in [5, 5.41) is 9.59. The normalized spacial score (nSPS) is 16.5. The number of rotatable bonds is 4.